The predicted molar refractivity (Wildman–Crippen MR) is 78.1 cm³/mol. The number of piperidine rings is 1. The van der Waals surface area contributed by atoms with Gasteiger partial charge in [0.2, 0.25) is 0 Å². The maximum absolute atomic E-state index is 11.4. The smallest absolute Gasteiger partial charge is 0.305 e. The summed E-state index contributed by atoms with van der Waals surface area (Å²) in [5, 5.41) is 3.65. The SMILES string of the molecule is CCN1CC(CC(=O)OC)CC(NCC(C)(C)C)C1. The summed E-state index contributed by atoms with van der Waals surface area (Å²) in [6.07, 6.45) is 1.61. The summed E-state index contributed by atoms with van der Waals surface area (Å²) in [6.45, 7) is 13.1. The van der Waals surface area contributed by atoms with Crippen molar-refractivity contribution >= 4 is 5.97 Å². The van der Waals surface area contributed by atoms with Crippen molar-refractivity contribution in [3.05, 3.63) is 0 Å². The zero-order valence-corrected chi connectivity index (χ0v) is 13.2. The van der Waals surface area contributed by atoms with E-state index in [4.69, 9.17) is 4.74 Å². The molecule has 4 nitrogen and oxygen atoms in total. The van der Waals surface area contributed by atoms with E-state index in [2.05, 4.69) is 37.9 Å². The fourth-order valence-corrected chi connectivity index (χ4v) is 2.63. The molecule has 19 heavy (non-hydrogen) atoms. The van der Waals surface area contributed by atoms with Crippen LogP contribution in [0.2, 0.25) is 0 Å². The second kappa shape index (κ2) is 7.25. The summed E-state index contributed by atoms with van der Waals surface area (Å²) in [7, 11) is 1.47. The number of nitrogens with zero attached hydrogens (tertiary/aromatic N) is 1. The first-order chi connectivity index (χ1) is 8.84. The Morgan fingerprint density at radius 3 is 2.58 bits per heavy atom. The van der Waals surface area contributed by atoms with Gasteiger partial charge in [-0.3, -0.25) is 4.79 Å². The van der Waals surface area contributed by atoms with Gasteiger partial charge in [-0.15, -0.1) is 0 Å². The highest BCUT2D eigenvalue weighted by Crippen LogP contribution is 2.21. The molecule has 1 rings (SSSR count). The van der Waals surface area contributed by atoms with Crippen LogP contribution in [0.15, 0.2) is 0 Å². The van der Waals surface area contributed by atoms with Crippen LogP contribution in [0.5, 0.6) is 0 Å². The second-order valence-electron chi connectivity index (χ2n) is 6.87. The monoisotopic (exact) mass is 270 g/mol. The minimum Gasteiger partial charge on any atom is -0.469 e. The van der Waals surface area contributed by atoms with E-state index in [-0.39, 0.29) is 5.97 Å². The highest BCUT2D eigenvalue weighted by atomic mass is 16.5. The van der Waals surface area contributed by atoms with Crippen molar-refractivity contribution in [2.24, 2.45) is 11.3 Å². The highest BCUT2D eigenvalue weighted by molar-refractivity contribution is 5.69. The summed E-state index contributed by atoms with van der Waals surface area (Å²) < 4.78 is 4.79. The fraction of sp³-hybridized carbons (Fsp3) is 0.933. The molecule has 0 aromatic heterocycles. The molecule has 1 N–H and O–H groups in total. The molecule has 0 aromatic carbocycles. The summed E-state index contributed by atoms with van der Waals surface area (Å²) >= 11 is 0. The summed E-state index contributed by atoms with van der Waals surface area (Å²) in [4.78, 5) is 13.9. The van der Waals surface area contributed by atoms with Gasteiger partial charge >= 0.3 is 5.97 Å². The molecular formula is C15H30N2O2. The molecule has 1 fully saturated rings. The van der Waals surface area contributed by atoms with Crippen molar-refractivity contribution in [2.45, 2.75) is 46.6 Å². The van der Waals surface area contributed by atoms with Gasteiger partial charge in [0.15, 0.2) is 0 Å². The largest absolute Gasteiger partial charge is 0.469 e. The lowest BCUT2D eigenvalue weighted by Gasteiger charge is -2.38. The first-order valence-electron chi connectivity index (χ1n) is 7.36. The van der Waals surface area contributed by atoms with Gasteiger partial charge in [0.25, 0.3) is 0 Å². The number of carbonyl (C=O) groups excluding carboxylic acids is 1. The Kier molecular flexibility index (Phi) is 6.27. The van der Waals surface area contributed by atoms with Crippen LogP contribution in [0.1, 0.15) is 40.5 Å². The van der Waals surface area contributed by atoms with E-state index in [1.165, 1.54) is 7.11 Å². The molecule has 2 unspecified atom stereocenters. The van der Waals surface area contributed by atoms with Gasteiger partial charge in [-0.1, -0.05) is 27.7 Å². The van der Waals surface area contributed by atoms with Gasteiger partial charge in [-0.2, -0.15) is 0 Å². The Morgan fingerprint density at radius 2 is 2.05 bits per heavy atom. The van der Waals surface area contributed by atoms with Gasteiger partial charge in [-0.25, -0.2) is 0 Å². The molecule has 1 aliphatic heterocycles. The summed E-state index contributed by atoms with van der Waals surface area (Å²) in [5.74, 6) is 0.330. The first-order valence-corrected chi connectivity index (χ1v) is 7.36. The number of rotatable bonds is 5. The normalized spacial score (nSPS) is 25.3. The lowest BCUT2D eigenvalue weighted by atomic mass is 9.90. The molecule has 112 valence electrons. The number of nitrogens with one attached hydrogen (secondary N) is 1. The van der Waals surface area contributed by atoms with Gasteiger partial charge in [0.1, 0.15) is 0 Å². The number of likely N-dealkylation sites (N-methyl/N-ethyl adjacent to an activating group) is 1. The van der Waals surface area contributed by atoms with Crippen molar-refractivity contribution in [1.29, 1.82) is 0 Å². The first kappa shape index (κ1) is 16.4. The number of hydrogen-bond acceptors (Lipinski definition) is 4. The van der Waals surface area contributed by atoms with Gasteiger partial charge in [0, 0.05) is 32.1 Å². The molecule has 4 heteroatoms. The van der Waals surface area contributed by atoms with Crippen LogP contribution < -0.4 is 5.32 Å². The molecule has 1 saturated heterocycles. The van der Waals surface area contributed by atoms with Crippen molar-refractivity contribution in [3.8, 4) is 0 Å². The molecule has 0 bridgehead atoms. The van der Waals surface area contributed by atoms with Crippen LogP contribution in [0, 0.1) is 11.3 Å². The van der Waals surface area contributed by atoms with Crippen molar-refractivity contribution < 1.29 is 9.53 Å². The summed E-state index contributed by atoms with van der Waals surface area (Å²) in [5.41, 5.74) is 0.298. The minimum atomic E-state index is -0.0856. The van der Waals surface area contributed by atoms with Crippen LogP contribution in [-0.4, -0.2) is 50.2 Å². The van der Waals surface area contributed by atoms with Crippen LogP contribution in [0.3, 0.4) is 0 Å². The molecule has 0 spiro atoms. The average molecular weight is 270 g/mol. The quantitative estimate of drug-likeness (QED) is 0.775. The number of carbonyl (C=O) groups is 1. The molecule has 1 heterocycles. The van der Waals surface area contributed by atoms with E-state index in [0.717, 1.165) is 32.6 Å². The highest BCUT2D eigenvalue weighted by Gasteiger charge is 2.28. The van der Waals surface area contributed by atoms with Crippen LogP contribution in [-0.2, 0) is 9.53 Å². The molecule has 0 aromatic rings. The molecule has 2 atom stereocenters. The third-order valence-corrected chi connectivity index (χ3v) is 3.66. The third-order valence-electron chi connectivity index (χ3n) is 3.66. The zero-order valence-electron chi connectivity index (χ0n) is 13.2. The maximum Gasteiger partial charge on any atom is 0.305 e. The average Bonchev–Trinajstić information content (AvgIpc) is 2.35. The minimum absolute atomic E-state index is 0.0856. The van der Waals surface area contributed by atoms with Crippen LogP contribution >= 0.6 is 0 Å². The lowest BCUT2D eigenvalue weighted by molar-refractivity contribution is -0.142. The number of esters is 1. The predicted octanol–water partition coefficient (Wildman–Crippen LogP) is 1.90. The zero-order chi connectivity index (χ0) is 14.5. The standard InChI is InChI=1S/C15H30N2O2/c1-6-17-9-12(8-14(18)19-5)7-13(10-17)16-11-15(2,3)4/h12-13,16H,6-11H2,1-5H3. The van der Waals surface area contributed by atoms with E-state index in [1.807, 2.05) is 0 Å². The third kappa shape index (κ3) is 6.39. The second-order valence-corrected chi connectivity index (χ2v) is 6.87. The molecule has 0 amide bonds. The number of ether oxygens (including phenoxy) is 1. The molecule has 0 aliphatic carbocycles. The number of likely N-dealkylation sites (tertiary alicyclic amines) is 1. The molecule has 0 radical (unpaired) electrons. The Hall–Kier alpha value is -0.610. The number of hydrogen-bond donors (Lipinski definition) is 1. The van der Waals surface area contributed by atoms with E-state index in [0.29, 0.717) is 23.8 Å². The Balaban J connectivity index is 2.50. The van der Waals surface area contributed by atoms with Gasteiger partial charge in [-0.05, 0) is 24.3 Å². The van der Waals surface area contributed by atoms with E-state index < -0.39 is 0 Å². The summed E-state index contributed by atoms with van der Waals surface area (Å²) in [6, 6.07) is 0.489. The van der Waals surface area contributed by atoms with Crippen LogP contribution in [0.4, 0.5) is 0 Å². The number of methoxy groups -OCH3 is 1. The van der Waals surface area contributed by atoms with E-state index in [1.54, 1.807) is 0 Å². The molecular weight excluding hydrogens is 240 g/mol. The van der Waals surface area contributed by atoms with Gasteiger partial charge < -0.3 is 15.0 Å². The maximum atomic E-state index is 11.4. The van der Waals surface area contributed by atoms with Crippen molar-refractivity contribution in [1.82, 2.24) is 10.2 Å². The fourth-order valence-electron chi connectivity index (χ4n) is 2.63. The van der Waals surface area contributed by atoms with Crippen molar-refractivity contribution in [3.63, 3.8) is 0 Å². The van der Waals surface area contributed by atoms with Crippen LogP contribution in [0.25, 0.3) is 0 Å². The van der Waals surface area contributed by atoms with E-state index >= 15 is 0 Å². The topological polar surface area (TPSA) is 41.6 Å². The molecule has 0 saturated carbocycles. The Labute approximate surface area is 117 Å². The van der Waals surface area contributed by atoms with Crippen molar-refractivity contribution in [2.75, 3.05) is 33.3 Å². The Bertz CT molecular complexity index is 286. The lowest BCUT2D eigenvalue weighted by Crippen LogP contribution is -2.50. The Morgan fingerprint density at radius 1 is 1.37 bits per heavy atom. The van der Waals surface area contributed by atoms with Gasteiger partial charge in [0.05, 0.1) is 7.11 Å². The van der Waals surface area contributed by atoms with E-state index in [9.17, 15) is 4.79 Å². The molecule has 1 aliphatic rings.